The molecule has 6 nitrogen and oxygen atoms in total. The normalized spacial score (nSPS) is 12.0. The van der Waals surface area contributed by atoms with Gasteiger partial charge in [-0.25, -0.2) is 4.98 Å². The van der Waals surface area contributed by atoms with Gasteiger partial charge in [0.15, 0.2) is 5.92 Å². The number of aromatic nitrogens is 4. The third kappa shape index (κ3) is 2.98. The Kier molecular flexibility index (Phi) is 4.04. The first-order valence-corrected chi connectivity index (χ1v) is 8.20. The number of nitrogens with one attached hydrogen (secondary N) is 1. The van der Waals surface area contributed by atoms with E-state index in [0.717, 1.165) is 16.6 Å². The smallest absolute Gasteiger partial charge is 0.207 e. The molecular weight excluding hydrogens is 326 g/mol. The van der Waals surface area contributed by atoms with E-state index >= 15 is 0 Å². The quantitative estimate of drug-likeness (QED) is 0.564. The second-order valence-corrected chi connectivity index (χ2v) is 5.95. The second-order valence-electron chi connectivity index (χ2n) is 5.95. The minimum Gasteiger partial charge on any atom is -0.340 e. The summed E-state index contributed by atoms with van der Waals surface area (Å²) >= 11 is 0. The molecule has 0 saturated heterocycles. The molecule has 2 aromatic heterocycles. The Hall–Kier alpha value is -3.72. The number of hydrogen-bond donors (Lipinski definition) is 1. The Morgan fingerprint density at radius 1 is 1.12 bits per heavy atom. The van der Waals surface area contributed by atoms with Gasteiger partial charge < -0.3 is 4.98 Å². The third-order valence-electron chi connectivity index (χ3n) is 4.15. The number of para-hydroxylation sites is 2. The molecule has 0 saturated carbocycles. The van der Waals surface area contributed by atoms with Crippen molar-refractivity contribution < 1.29 is 4.79 Å². The van der Waals surface area contributed by atoms with Crippen LogP contribution < -0.4 is 0 Å². The SMILES string of the molecule is N#CC(C(=O)c1ccn(Cc2ccccc2)n1)c1nc2ccccc2[nH]1. The van der Waals surface area contributed by atoms with Crippen molar-refractivity contribution in [2.45, 2.75) is 12.5 Å². The number of carbonyl (C=O) groups is 1. The van der Waals surface area contributed by atoms with Gasteiger partial charge in [0, 0.05) is 6.20 Å². The molecule has 2 aromatic carbocycles. The topological polar surface area (TPSA) is 87.4 Å². The molecule has 1 unspecified atom stereocenters. The van der Waals surface area contributed by atoms with Gasteiger partial charge in [-0.3, -0.25) is 9.48 Å². The van der Waals surface area contributed by atoms with E-state index in [4.69, 9.17) is 0 Å². The largest absolute Gasteiger partial charge is 0.340 e. The Labute approximate surface area is 149 Å². The Balaban J connectivity index is 1.58. The number of rotatable bonds is 5. The summed E-state index contributed by atoms with van der Waals surface area (Å²) in [5, 5.41) is 13.8. The average Bonchev–Trinajstić information content (AvgIpc) is 3.30. The van der Waals surface area contributed by atoms with Crippen LogP contribution in [0.25, 0.3) is 11.0 Å². The van der Waals surface area contributed by atoms with E-state index in [1.54, 1.807) is 16.9 Å². The van der Waals surface area contributed by atoms with Gasteiger partial charge in [0.2, 0.25) is 5.78 Å². The number of carbonyl (C=O) groups excluding carboxylic acids is 1. The maximum Gasteiger partial charge on any atom is 0.207 e. The first kappa shape index (κ1) is 15.8. The molecule has 6 heteroatoms. The van der Waals surface area contributed by atoms with Crippen LogP contribution in [0.2, 0.25) is 0 Å². The number of imidazole rings is 1. The van der Waals surface area contributed by atoms with Gasteiger partial charge in [0.25, 0.3) is 0 Å². The van der Waals surface area contributed by atoms with E-state index in [1.165, 1.54) is 0 Å². The first-order valence-electron chi connectivity index (χ1n) is 8.20. The van der Waals surface area contributed by atoms with E-state index < -0.39 is 5.92 Å². The third-order valence-corrected chi connectivity index (χ3v) is 4.15. The fourth-order valence-corrected chi connectivity index (χ4v) is 2.85. The van der Waals surface area contributed by atoms with E-state index in [1.807, 2.05) is 60.7 Å². The van der Waals surface area contributed by atoms with Crippen LogP contribution in [0.1, 0.15) is 27.8 Å². The molecule has 26 heavy (non-hydrogen) atoms. The summed E-state index contributed by atoms with van der Waals surface area (Å²) in [6.45, 7) is 0.565. The lowest BCUT2D eigenvalue weighted by atomic mass is 10.0. The molecule has 4 aromatic rings. The van der Waals surface area contributed by atoms with Gasteiger partial charge in [-0.2, -0.15) is 10.4 Å². The van der Waals surface area contributed by atoms with Crippen LogP contribution in [0, 0.1) is 11.3 Å². The number of nitrogens with zero attached hydrogens (tertiary/aromatic N) is 4. The minimum atomic E-state index is -1.01. The van der Waals surface area contributed by atoms with Gasteiger partial charge in [0.05, 0.1) is 23.6 Å². The Morgan fingerprint density at radius 2 is 1.88 bits per heavy atom. The fourth-order valence-electron chi connectivity index (χ4n) is 2.85. The van der Waals surface area contributed by atoms with Crippen molar-refractivity contribution in [2.24, 2.45) is 0 Å². The Morgan fingerprint density at radius 3 is 2.65 bits per heavy atom. The lowest BCUT2D eigenvalue weighted by Gasteiger charge is -2.03. The zero-order chi connectivity index (χ0) is 17.9. The molecule has 0 aliphatic carbocycles. The zero-order valence-electron chi connectivity index (χ0n) is 13.8. The van der Waals surface area contributed by atoms with Crippen molar-refractivity contribution in [3.8, 4) is 6.07 Å². The number of H-pyrrole nitrogens is 1. The maximum atomic E-state index is 12.8. The number of nitriles is 1. The second kappa shape index (κ2) is 6.65. The number of fused-ring (bicyclic) bond motifs is 1. The molecule has 0 fully saturated rings. The predicted octanol–water partition coefficient (Wildman–Crippen LogP) is 3.30. The highest BCUT2D eigenvalue weighted by Gasteiger charge is 2.26. The van der Waals surface area contributed by atoms with Crippen LogP contribution in [0.4, 0.5) is 0 Å². The summed E-state index contributed by atoms with van der Waals surface area (Å²) in [5.74, 6) is -1.03. The molecule has 0 aliphatic rings. The van der Waals surface area contributed by atoms with Crippen LogP contribution in [0.15, 0.2) is 66.9 Å². The molecule has 2 heterocycles. The average molecular weight is 341 g/mol. The van der Waals surface area contributed by atoms with Crippen molar-refractivity contribution in [2.75, 3.05) is 0 Å². The lowest BCUT2D eigenvalue weighted by Crippen LogP contribution is -2.14. The number of aromatic amines is 1. The number of Topliss-reactive ketones (excluding diaryl/α,β-unsaturated/α-hetero) is 1. The predicted molar refractivity (Wildman–Crippen MR) is 96.5 cm³/mol. The first-order chi connectivity index (χ1) is 12.7. The summed E-state index contributed by atoms with van der Waals surface area (Å²) in [7, 11) is 0. The van der Waals surface area contributed by atoms with Gasteiger partial charge in [-0.05, 0) is 23.8 Å². The highest BCUT2D eigenvalue weighted by Crippen LogP contribution is 2.20. The van der Waals surface area contributed by atoms with Crippen molar-refractivity contribution >= 4 is 16.8 Å². The monoisotopic (exact) mass is 341 g/mol. The van der Waals surface area contributed by atoms with Gasteiger partial charge in [-0.15, -0.1) is 0 Å². The lowest BCUT2D eigenvalue weighted by molar-refractivity contribution is 0.0971. The molecule has 0 amide bonds. The number of benzene rings is 2. The molecule has 1 N–H and O–H groups in total. The molecule has 0 aliphatic heterocycles. The van der Waals surface area contributed by atoms with E-state index in [2.05, 4.69) is 15.1 Å². The highest BCUT2D eigenvalue weighted by atomic mass is 16.1. The van der Waals surface area contributed by atoms with Crippen molar-refractivity contribution in [3.63, 3.8) is 0 Å². The molecule has 0 radical (unpaired) electrons. The van der Waals surface area contributed by atoms with Crippen LogP contribution in [0.3, 0.4) is 0 Å². The summed E-state index contributed by atoms with van der Waals surface area (Å²) in [6.07, 6.45) is 1.74. The summed E-state index contributed by atoms with van der Waals surface area (Å²) in [4.78, 5) is 20.2. The Bertz CT molecular complexity index is 1070. The van der Waals surface area contributed by atoms with Crippen LogP contribution >= 0.6 is 0 Å². The highest BCUT2D eigenvalue weighted by molar-refractivity contribution is 6.01. The van der Waals surface area contributed by atoms with E-state index in [9.17, 15) is 10.1 Å². The number of hydrogen-bond acceptors (Lipinski definition) is 4. The van der Waals surface area contributed by atoms with Gasteiger partial charge in [-0.1, -0.05) is 42.5 Å². The van der Waals surface area contributed by atoms with Crippen molar-refractivity contribution in [1.82, 2.24) is 19.7 Å². The molecule has 0 spiro atoms. The van der Waals surface area contributed by atoms with Crippen molar-refractivity contribution in [1.29, 1.82) is 5.26 Å². The zero-order valence-corrected chi connectivity index (χ0v) is 13.8. The molecule has 0 bridgehead atoms. The van der Waals surface area contributed by atoms with Crippen molar-refractivity contribution in [3.05, 3.63) is 83.9 Å². The molecule has 1 atom stereocenters. The minimum absolute atomic E-state index is 0.257. The molecule has 4 rings (SSSR count). The van der Waals surface area contributed by atoms with Crippen LogP contribution in [-0.4, -0.2) is 25.5 Å². The molecular formula is C20H15N5O. The molecule has 126 valence electrons. The maximum absolute atomic E-state index is 12.8. The van der Waals surface area contributed by atoms with Gasteiger partial charge in [0.1, 0.15) is 11.5 Å². The van der Waals surface area contributed by atoms with E-state index in [0.29, 0.717) is 12.4 Å². The summed E-state index contributed by atoms with van der Waals surface area (Å²) < 4.78 is 1.69. The number of ketones is 1. The van der Waals surface area contributed by atoms with E-state index in [-0.39, 0.29) is 11.5 Å². The van der Waals surface area contributed by atoms with Crippen LogP contribution in [0.5, 0.6) is 0 Å². The fraction of sp³-hybridized carbons (Fsp3) is 0.100. The van der Waals surface area contributed by atoms with Gasteiger partial charge >= 0.3 is 0 Å². The summed E-state index contributed by atoms with van der Waals surface area (Å²) in [5.41, 5.74) is 2.87. The summed E-state index contributed by atoms with van der Waals surface area (Å²) in [6, 6.07) is 21.0. The standard InChI is InChI=1S/C20H15N5O/c21-12-15(20-22-16-8-4-5-9-17(16)23-20)19(26)18-10-11-25(24-18)13-14-6-2-1-3-7-14/h1-11,15H,13H2,(H,22,23). The van der Waals surface area contributed by atoms with Crippen LogP contribution in [-0.2, 0) is 6.54 Å².